The molecule has 0 saturated carbocycles. The summed E-state index contributed by atoms with van der Waals surface area (Å²) < 4.78 is 0. The van der Waals surface area contributed by atoms with Gasteiger partial charge in [0.15, 0.2) is 0 Å². The van der Waals surface area contributed by atoms with Crippen LogP contribution in [0.2, 0.25) is 0 Å². The Kier molecular flexibility index (Phi) is 3.48. The van der Waals surface area contributed by atoms with Crippen LogP contribution in [0.3, 0.4) is 0 Å². The van der Waals surface area contributed by atoms with Gasteiger partial charge in [-0.3, -0.25) is 4.79 Å². The zero-order chi connectivity index (χ0) is 9.84. The summed E-state index contributed by atoms with van der Waals surface area (Å²) >= 11 is 0. The van der Waals surface area contributed by atoms with Crippen LogP contribution in [0.15, 0.2) is 11.6 Å². The molecular formula is C10H16O3. The maximum absolute atomic E-state index is 10.3. The fourth-order valence-corrected chi connectivity index (χ4v) is 1.79. The smallest absolute Gasteiger partial charge is 0.303 e. The Balaban J connectivity index is 2.43. The average molecular weight is 184 g/mol. The molecule has 74 valence electrons. The van der Waals surface area contributed by atoms with E-state index >= 15 is 0 Å². The second-order valence-corrected chi connectivity index (χ2v) is 3.68. The molecule has 0 heterocycles. The minimum absolute atomic E-state index is 0.228. The molecule has 1 rings (SSSR count). The number of carboxylic acid groups (broad SMARTS) is 1. The summed E-state index contributed by atoms with van der Waals surface area (Å²) in [6.07, 6.45) is 4.13. The van der Waals surface area contributed by atoms with Crippen molar-refractivity contribution in [1.29, 1.82) is 0 Å². The van der Waals surface area contributed by atoms with Gasteiger partial charge in [-0.05, 0) is 32.1 Å². The SMILES string of the molecule is CC1=CC(O)CCC1CCC(=O)O. The minimum Gasteiger partial charge on any atom is -0.481 e. The molecule has 2 atom stereocenters. The molecule has 2 unspecified atom stereocenters. The molecule has 0 aromatic rings. The minimum atomic E-state index is -0.737. The predicted molar refractivity (Wildman–Crippen MR) is 49.4 cm³/mol. The summed E-state index contributed by atoms with van der Waals surface area (Å²) in [4.78, 5) is 10.3. The van der Waals surface area contributed by atoms with Gasteiger partial charge >= 0.3 is 5.97 Å². The average Bonchev–Trinajstić information content (AvgIpc) is 2.02. The molecule has 0 amide bonds. The molecule has 0 bridgehead atoms. The zero-order valence-electron chi connectivity index (χ0n) is 7.86. The Morgan fingerprint density at radius 1 is 1.62 bits per heavy atom. The molecule has 0 fully saturated rings. The lowest BCUT2D eigenvalue weighted by atomic mass is 9.84. The molecule has 0 aromatic heterocycles. The maximum Gasteiger partial charge on any atom is 0.303 e. The summed E-state index contributed by atoms with van der Waals surface area (Å²) in [6.45, 7) is 1.97. The topological polar surface area (TPSA) is 57.5 Å². The highest BCUT2D eigenvalue weighted by Crippen LogP contribution is 2.28. The van der Waals surface area contributed by atoms with Crippen LogP contribution in [0.4, 0.5) is 0 Å². The molecule has 0 aliphatic heterocycles. The Labute approximate surface area is 78.1 Å². The largest absolute Gasteiger partial charge is 0.481 e. The Morgan fingerprint density at radius 2 is 2.31 bits per heavy atom. The van der Waals surface area contributed by atoms with Gasteiger partial charge in [0, 0.05) is 6.42 Å². The molecule has 3 nitrogen and oxygen atoms in total. The van der Waals surface area contributed by atoms with Crippen molar-refractivity contribution in [2.24, 2.45) is 5.92 Å². The van der Waals surface area contributed by atoms with Crippen molar-refractivity contribution in [1.82, 2.24) is 0 Å². The van der Waals surface area contributed by atoms with E-state index in [0.29, 0.717) is 12.3 Å². The lowest BCUT2D eigenvalue weighted by molar-refractivity contribution is -0.137. The van der Waals surface area contributed by atoms with Crippen molar-refractivity contribution in [2.75, 3.05) is 0 Å². The molecular weight excluding hydrogens is 168 g/mol. The van der Waals surface area contributed by atoms with Crippen molar-refractivity contribution in [2.45, 2.75) is 38.7 Å². The van der Waals surface area contributed by atoms with E-state index in [1.165, 1.54) is 0 Å². The van der Waals surface area contributed by atoms with Gasteiger partial charge in [-0.25, -0.2) is 0 Å². The second-order valence-electron chi connectivity index (χ2n) is 3.68. The number of aliphatic hydroxyl groups is 1. The number of rotatable bonds is 3. The van der Waals surface area contributed by atoms with Crippen molar-refractivity contribution in [3.8, 4) is 0 Å². The molecule has 13 heavy (non-hydrogen) atoms. The van der Waals surface area contributed by atoms with Gasteiger partial charge in [0.25, 0.3) is 0 Å². The van der Waals surface area contributed by atoms with Gasteiger partial charge < -0.3 is 10.2 Å². The first-order valence-corrected chi connectivity index (χ1v) is 4.67. The van der Waals surface area contributed by atoms with E-state index in [2.05, 4.69) is 0 Å². The van der Waals surface area contributed by atoms with E-state index < -0.39 is 5.97 Å². The highest BCUT2D eigenvalue weighted by Gasteiger charge is 2.19. The van der Waals surface area contributed by atoms with E-state index in [0.717, 1.165) is 18.4 Å². The van der Waals surface area contributed by atoms with Crippen LogP contribution in [-0.2, 0) is 4.79 Å². The maximum atomic E-state index is 10.3. The lowest BCUT2D eigenvalue weighted by Gasteiger charge is -2.23. The normalized spacial score (nSPS) is 28.3. The van der Waals surface area contributed by atoms with Crippen LogP contribution in [0.1, 0.15) is 32.6 Å². The number of carboxylic acids is 1. The third-order valence-corrected chi connectivity index (χ3v) is 2.62. The molecule has 3 heteroatoms. The fourth-order valence-electron chi connectivity index (χ4n) is 1.79. The van der Waals surface area contributed by atoms with Gasteiger partial charge in [0.05, 0.1) is 6.10 Å². The monoisotopic (exact) mass is 184 g/mol. The number of hydrogen-bond donors (Lipinski definition) is 2. The van der Waals surface area contributed by atoms with Crippen molar-refractivity contribution in [3.63, 3.8) is 0 Å². The standard InChI is InChI=1S/C10H16O3/c1-7-6-9(11)4-2-8(7)3-5-10(12)13/h6,8-9,11H,2-5H2,1H3,(H,12,13). The van der Waals surface area contributed by atoms with E-state index in [1.807, 2.05) is 13.0 Å². The van der Waals surface area contributed by atoms with Gasteiger partial charge in [0.1, 0.15) is 0 Å². The summed E-state index contributed by atoms with van der Waals surface area (Å²) in [5.41, 5.74) is 1.14. The third-order valence-electron chi connectivity index (χ3n) is 2.62. The van der Waals surface area contributed by atoms with E-state index in [-0.39, 0.29) is 12.5 Å². The zero-order valence-corrected chi connectivity index (χ0v) is 7.86. The Hall–Kier alpha value is -0.830. The number of carbonyl (C=O) groups is 1. The van der Waals surface area contributed by atoms with E-state index in [9.17, 15) is 9.90 Å². The van der Waals surface area contributed by atoms with Crippen LogP contribution in [0.5, 0.6) is 0 Å². The summed E-state index contributed by atoms with van der Waals surface area (Å²) in [6, 6.07) is 0. The molecule has 2 N–H and O–H groups in total. The number of allylic oxidation sites excluding steroid dienone is 1. The number of aliphatic carboxylic acids is 1. The third kappa shape index (κ3) is 3.19. The highest BCUT2D eigenvalue weighted by molar-refractivity contribution is 5.66. The first-order valence-electron chi connectivity index (χ1n) is 4.67. The van der Waals surface area contributed by atoms with Gasteiger partial charge in [-0.1, -0.05) is 11.6 Å². The summed E-state index contributed by atoms with van der Waals surface area (Å²) in [7, 11) is 0. The Morgan fingerprint density at radius 3 is 2.85 bits per heavy atom. The summed E-state index contributed by atoms with van der Waals surface area (Å²) in [5.74, 6) is -0.376. The van der Waals surface area contributed by atoms with Crippen LogP contribution in [-0.4, -0.2) is 22.3 Å². The van der Waals surface area contributed by atoms with Crippen LogP contribution < -0.4 is 0 Å². The molecule has 0 spiro atoms. The van der Waals surface area contributed by atoms with Gasteiger partial charge in [-0.2, -0.15) is 0 Å². The van der Waals surface area contributed by atoms with Crippen molar-refractivity contribution < 1.29 is 15.0 Å². The van der Waals surface area contributed by atoms with Crippen LogP contribution in [0.25, 0.3) is 0 Å². The van der Waals surface area contributed by atoms with E-state index in [1.54, 1.807) is 0 Å². The Bertz CT molecular complexity index is 220. The molecule has 0 saturated heterocycles. The number of hydrogen-bond acceptors (Lipinski definition) is 2. The first kappa shape index (κ1) is 10.3. The summed E-state index contributed by atoms with van der Waals surface area (Å²) in [5, 5.41) is 17.8. The first-order chi connectivity index (χ1) is 6.09. The van der Waals surface area contributed by atoms with Crippen molar-refractivity contribution >= 4 is 5.97 Å². The quantitative estimate of drug-likeness (QED) is 0.654. The fraction of sp³-hybridized carbons (Fsp3) is 0.700. The molecule has 0 radical (unpaired) electrons. The van der Waals surface area contributed by atoms with Crippen LogP contribution >= 0.6 is 0 Å². The van der Waals surface area contributed by atoms with Crippen LogP contribution in [0, 0.1) is 5.92 Å². The molecule has 1 aliphatic carbocycles. The van der Waals surface area contributed by atoms with Gasteiger partial charge in [0.2, 0.25) is 0 Å². The lowest BCUT2D eigenvalue weighted by Crippen LogP contribution is -2.17. The van der Waals surface area contributed by atoms with E-state index in [4.69, 9.17) is 5.11 Å². The van der Waals surface area contributed by atoms with Gasteiger partial charge in [-0.15, -0.1) is 0 Å². The second kappa shape index (κ2) is 4.42. The predicted octanol–water partition coefficient (Wildman–Crippen LogP) is 1.57. The van der Waals surface area contributed by atoms with Crippen molar-refractivity contribution in [3.05, 3.63) is 11.6 Å². The number of aliphatic hydroxyl groups excluding tert-OH is 1. The highest BCUT2D eigenvalue weighted by atomic mass is 16.4. The molecule has 0 aromatic carbocycles. The molecule has 1 aliphatic rings.